The van der Waals surface area contributed by atoms with Gasteiger partial charge in [0.25, 0.3) is 0 Å². The van der Waals surface area contributed by atoms with Crippen molar-refractivity contribution in [3.63, 3.8) is 0 Å². The lowest BCUT2D eigenvalue weighted by atomic mass is 10.0. The van der Waals surface area contributed by atoms with E-state index in [9.17, 15) is 18.3 Å². The molecule has 1 aromatic rings. The summed E-state index contributed by atoms with van der Waals surface area (Å²) in [5.41, 5.74) is -0.846. The van der Waals surface area contributed by atoms with Crippen molar-refractivity contribution in [2.24, 2.45) is 0 Å². The van der Waals surface area contributed by atoms with Crippen molar-refractivity contribution in [3.8, 4) is 0 Å². The van der Waals surface area contributed by atoms with Gasteiger partial charge in [-0.3, -0.25) is 4.90 Å². The molecule has 2 atom stereocenters. The number of β-amino-alcohol motifs (C(OH)–C–C–N with tert-alkyl or cyclic N) is 1. The number of ether oxygens (including phenoxy) is 1. The lowest BCUT2D eigenvalue weighted by Crippen LogP contribution is -2.47. The minimum absolute atomic E-state index is 0.00353. The summed E-state index contributed by atoms with van der Waals surface area (Å²) in [4.78, 5) is 3.96. The highest BCUT2D eigenvalue weighted by Crippen LogP contribution is 2.34. The zero-order valence-corrected chi connectivity index (χ0v) is 13.4. The van der Waals surface area contributed by atoms with Gasteiger partial charge in [0.2, 0.25) is 0 Å². The second-order valence-electron chi connectivity index (χ2n) is 6.12. The van der Waals surface area contributed by atoms with Crippen LogP contribution in [-0.4, -0.2) is 67.9 Å². The van der Waals surface area contributed by atoms with Crippen LogP contribution in [0.3, 0.4) is 0 Å². The number of hydrogen-bond acceptors (Lipinski definition) is 4. The third kappa shape index (κ3) is 5.17. The molecule has 1 saturated heterocycles. The molecule has 0 unspecified atom stereocenters. The Bertz CT molecular complexity index is 508. The fraction of sp³-hybridized carbons (Fsp3) is 0.625. The first-order valence-corrected chi connectivity index (χ1v) is 7.60. The van der Waals surface area contributed by atoms with Crippen LogP contribution in [-0.2, 0) is 10.9 Å². The third-order valence-electron chi connectivity index (χ3n) is 3.85. The summed E-state index contributed by atoms with van der Waals surface area (Å²) in [6.45, 7) is 2.64. The normalized spacial score (nSPS) is 21.6. The summed E-state index contributed by atoms with van der Waals surface area (Å²) < 4.78 is 44.8. The molecule has 7 heteroatoms. The summed E-state index contributed by atoms with van der Waals surface area (Å²) in [5.74, 6) is 0. The van der Waals surface area contributed by atoms with E-state index in [2.05, 4.69) is 0 Å². The van der Waals surface area contributed by atoms with Crippen LogP contribution in [0.25, 0.3) is 0 Å². The van der Waals surface area contributed by atoms with Gasteiger partial charge >= 0.3 is 6.18 Å². The molecule has 0 saturated carbocycles. The van der Waals surface area contributed by atoms with Crippen LogP contribution in [0, 0.1) is 0 Å². The predicted molar refractivity (Wildman–Crippen MR) is 81.1 cm³/mol. The van der Waals surface area contributed by atoms with Gasteiger partial charge in [0.1, 0.15) is 0 Å². The van der Waals surface area contributed by atoms with Gasteiger partial charge in [-0.1, -0.05) is 18.2 Å². The highest BCUT2D eigenvalue weighted by atomic mass is 19.4. The largest absolute Gasteiger partial charge is 0.416 e. The van der Waals surface area contributed by atoms with E-state index in [-0.39, 0.29) is 18.2 Å². The Kier molecular flexibility index (Phi) is 6.02. The van der Waals surface area contributed by atoms with Crippen LogP contribution in [0.1, 0.15) is 17.2 Å². The molecular weight excluding hydrogens is 309 g/mol. The first-order chi connectivity index (χ1) is 10.8. The number of aliphatic hydroxyl groups excluding tert-OH is 1. The zero-order chi connectivity index (χ0) is 17.0. The summed E-state index contributed by atoms with van der Waals surface area (Å²) >= 11 is 0. The molecule has 0 radical (unpaired) electrons. The first kappa shape index (κ1) is 18.2. The Labute approximate surface area is 134 Å². The van der Waals surface area contributed by atoms with Gasteiger partial charge in [0, 0.05) is 26.2 Å². The molecule has 4 nitrogen and oxygen atoms in total. The molecule has 1 heterocycles. The number of morpholine rings is 1. The van der Waals surface area contributed by atoms with E-state index in [1.807, 2.05) is 23.9 Å². The number of benzene rings is 1. The molecule has 1 aromatic carbocycles. The van der Waals surface area contributed by atoms with Gasteiger partial charge in [-0.2, -0.15) is 13.2 Å². The van der Waals surface area contributed by atoms with Crippen LogP contribution in [0.5, 0.6) is 0 Å². The maximum absolute atomic E-state index is 13.0. The summed E-state index contributed by atoms with van der Waals surface area (Å²) in [6.07, 6.45) is -5.63. The summed E-state index contributed by atoms with van der Waals surface area (Å²) in [6, 6.07) is 5.20. The van der Waals surface area contributed by atoms with E-state index in [1.54, 1.807) is 0 Å². The molecule has 1 N–H and O–H groups in total. The highest BCUT2D eigenvalue weighted by Gasteiger charge is 2.35. The number of halogens is 3. The minimum atomic E-state index is -4.46. The van der Waals surface area contributed by atoms with Crippen LogP contribution < -0.4 is 0 Å². The van der Waals surface area contributed by atoms with E-state index in [0.29, 0.717) is 19.7 Å². The number of hydrogen-bond donors (Lipinski definition) is 1. The Balaban J connectivity index is 2.03. The molecule has 2 rings (SSSR count). The maximum atomic E-state index is 13.0. The lowest BCUT2D eigenvalue weighted by molar-refractivity contribution is -0.139. The van der Waals surface area contributed by atoms with Crippen molar-refractivity contribution < 1.29 is 23.0 Å². The Hall–Kier alpha value is -1.15. The molecule has 0 aliphatic carbocycles. The van der Waals surface area contributed by atoms with E-state index in [0.717, 1.165) is 12.6 Å². The topological polar surface area (TPSA) is 35.9 Å². The second-order valence-corrected chi connectivity index (χ2v) is 6.12. The highest BCUT2D eigenvalue weighted by molar-refractivity contribution is 5.31. The minimum Gasteiger partial charge on any atom is -0.387 e. The summed E-state index contributed by atoms with van der Waals surface area (Å²) in [5, 5.41) is 10.3. The van der Waals surface area contributed by atoms with Crippen molar-refractivity contribution >= 4 is 0 Å². The monoisotopic (exact) mass is 332 g/mol. The SMILES string of the molecule is CN(C)C[C@@H]1CN(C[C@@H](O)c2ccccc2C(F)(F)F)CCO1. The molecule has 23 heavy (non-hydrogen) atoms. The number of alkyl halides is 3. The Morgan fingerprint density at radius 2 is 2.04 bits per heavy atom. The van der Waals surface area contributed by atoms with E-state index in [4.69, 9.17) is 4.74 Å². The fourth-order valence-corrected chi connectivity index (χ4v) is 2.85. The van der Waals surface area contributed by atoms with Crippen LogP contribution in [0.2, 0.25) is 0 Å². The van der Waals surface area contributed by atoms with Gasteiger partial charge < -0.3 is 14.7 Å². The molecule has 0 amide bonds. The number of rotatable bonds is 5. The molecule has 1 fully saturated rings. The van der Waals surface area contributed by atoms with E-state index >= 15 is 0 Å². The van der Waals surface area contributed by atoms with Crippen molar-refractivity contribution in [1.82, 2.24) is 9.80 Å². The summed E-state index contributed by atoms with van der Waals surface area (Å²) in [7, 11) is 3.88. The maximum Gasteiger partial charge on any atom is 0.416 e. The van der Waals surface area contributed by atoms with Crippen LogP contribution in [0.15, 0.2) is 24.3 Å². The Morgan fingerprint density at radius 1 is 1.35 bits per heavy atom. The average Bonchev–Trinajstić information content (AvgIpc) is 2.46. The van der Waals surface area contributed by atoms with Gasteiger partial charge in [-0.25, -0.2) is 0 Å². The van der Waals surface area contributed by atoms with Gasteiger partial charge in [-0.05, 0) is 25.7 Å². The predicted octanol–water partition coefficient (Wildman–Crippen LogP) is 2.00. The molecule has 130 valence electrons. The fourth-order valence-electron chi connectivity index (χ4n) is 2.85. The number of nitrogens with zero attached hydrogens (tertiary/aromatic N) is 2. The van der Waals surface area contributed by atoms with E-state index in [1.165, 1.54) is 18.2 Å². The van der Waals surface area contributed by atoms with Crippen molar-refractivity contribution in [1.29, 1.82) is 0 Å². The van der Waals surface area contributed by atoms with Gasteiger partial charge in [0.05, 0.1) is 24.4 Å². The molecular formula is C16H23F3N2O2. The van der Waals surface area contributed by atoms with E-state index < -0.39 is 17.8 Å². The molecule has 0 bridgehead atoms. The van der Waals surface area contributed by atoms with Crippen LogP contribution >= 0.6 is 0 Å². The van der Waals surface area contributed by atoms with Crippen molar-refractivity contribution in [3.05, 3.63) is 35.4 Å². The first-order valence-electron chi connectivity index (χ1n) is 7.60. The molecule has 1 aliphatic rings. The third-order valence-corrected chi connectivity index (χ3v) is 3.85. The molecule has 0 spiro atoms. The smallest absolute Gasteiger partial charge is 0.387 e. The molecule has 0 aromatic heterocycles. The Morgan fingerprint density at radius 3 is 2.70 bits per heavy atom. The number of aliphatic hydroxyl groups is 1. The number of likely N-dealkylation sites (N-methyl/N-ethyl adjacent to an activating group) is 1. The zero-order valence-electron chi connectivity index (χ0n) is 13.4. The average molecular weight is 332 g/mol. The van der Waals surface area contributed by atoms with Crippen LogP contribution in [0.4, 0.5) is 13.2 Å². The molecule has 1 aliphatic heterocycles. The van der Waals surface area contributed by atoms with Gasteiger partial charge in [0.15, 0.2) is 0 Å². The standard InChI is InChI=1S/C16H23F3N2O2/c1-20(2)9-12-10-21(7-8-23-12)11-15(22)13-5-3-4-6-14(13)16(17,18)19/h3-6,12,15,22H,7-11H2,1-2H3/t12-,15-/m1/s1. The van der Waals surface area contributed by atoms with Gasteiger partial charge in [-0.15, -0.1) is 0 Å². The van der Waals surface area contributed by atoms with Crippen molar-refractivity contribution in [2.45, 2.75) is 18.4 Å². The van der Waals surface area contributed by atoms with Crippen molar-refractivity contribution in [2.75, 3.05) is 46.9 Å². The second kappa shape index (κ2) is 7.61. The lowest BCUT2D eigenvalue weighted by Gasteiger charge is -2.35. The quantitative estimate of drug-likeness (QED) is 0.895.